The molecule has 0 fully saturated rings. The van der Waals surface area contributed by atoms with Gasteiger partial charge < -0.3 is 15.5 Å². The van der Waals surface area contributed by atoms with E-state index in [1.165, 1.54) is 0 Å². The summed E-state index contributed by atoms with van der Waals surface area (Å²) in [5.74, 6) is -0.576. The zero-order chi connectivity index (χ0) is 9.78. The van der Waals surface area contributed by atoms with E-state index in [4.69, 9.17) is 15.5 Å². The molecule has 0 aromatic rings. The van der Waals surface area contributed by atoms with Crippen LogP contribution >= 0.6 is 20.2 Å². The van der Waals surface area contributed by atoms with Gasteiger partial charge in [-0.2, -0.15) is 12.6 Å². The minimum Gasteiger partial charge on any atom is -0.368 e. The van der Waals surface area contributed by atoms with Crippen molar-refractivity contribution in [3.05, 3.63) is 0 Å². The van der Waals surface area contributed by atoms with Crippen LogP contribution in [0, 0.1) is 0 Å². The number of hydrogen-bond donors (Lipinski definition) is 5. The smallest absolute Gasteiger partial charge is 0.339 e. The number of carbonyl (C=O) groups excluding carboxylic acids is 1. The Morgan fingerprint density at radius 3 is 2.42 bits per heavy atom. The Morgan fingerprint density at radius 2 is 2.17 bits per heavy atom. The van der Waals surface area contributed by atoms with Crippen molar-refractivity contribution in [3.8, 4) is 0 Å². The van der Waals surface area contributed by atoms with Crippen LogP contribution in [-0.4, -0.2) is 33.8 Å². The van der Waals surface area contributed by atoms with E-state index in [2.05, 4.69) is 17.9 Å². The van der Waals surface area contributed by atoms with Crippen molar-refractivity contribution >= 4 is 26.1 Å². The molecule has 0 aromatic heterocycles. The molecule has 6 nitrogen and oxygen atoms in total. The SMILES string of the molecule is NC(=O)C(CS)NCP(=O)(O)O. The summed E-state index contributed by atoms with van der Waals surface area (Å²) in [6, 6.07) is -0.805. The van der Waals surface area contributed by atoms with Gasteiger partial charge in [0.1, 0.15) is 0 Å². The summed E-state index contributed by atoms with van der Waals surface area (Å²) in [7, 11) is -4.13. The van der Waals surface area contributed by atoms with Gasteiger partial charge in [0.15, 0.2) is 0 Å². The van der Waals surface area contributed by atoms with Gasteiger partial charge in [-0.25, -0.2) is 0 Å². The molecule has 0 spiro atoms. The number of rotatable bonds is 5. The second kappa shape index (κ2) is 4.84. The molecular weight excluding hydrogens is 203 g/mol. The summed E-state index contributed by atoms with van der Waals surface area (Å²) >= 11 is 3.77. The summed E-state index contributed by atoms with van der Waals surface area (Å²) in [6.45, 7) is 0. The number of nitrogens with one attached hydrogen (secondary N) is 1. The highest BCUT2D eigenvalue weighted by Crippen LogP contribution is 2.32. The number of thiol groups is 1. The van der Waals surface area contributed by atoms with Crippen LogP contribution in [-0.2, 0) is 9.36 Å². The molecule has 0 aliphatic rings. The fourth-order valence-corrected chi connectivity index (χ4v) is 1.25. The molecule has 5 N–H and O–H groups in total. The molecule has 0 bridgehead atoms. The summed E-state index contributed by atoms with van der Waals surface area (Å²) < 4.78 is 10.3. The van der Waals surface area contributed by atoms with Crippen LogP contribution in [0.2, 0.25) is 0 Å². The molecule has 0 aliphatic heterocycles. The molecule has 0 radical (unpaired) electrons. The predicted octanol–water partition coefficient (Wildman–Crippen LogP) is -1.51. The van der Waals surface area contributed by atoms with Gasteiger partial charge in [-0.1, -0.05) is 0 Å². The lowest BCUT2D eigenvalue weighted by molar-refractivity contribution is -0.119. The van der Waals surface area contributed by atoms with Crippen molar-refractivity contribution < 1.29 is 19.1 Å². The average Bonchev–Trinajstić information content (AvgIpc) is 1.85. The van der Waals surface area contributed by atoms with Gasteiger partial charge in [0.05, 0.1) is 12.3 Å². The van der Waals surface area contributed by atoms with Crippen LogP contribution in [0.4, 0.5) is 0 Å². The number of primary amides is 1. The van der Waals surface area contributed by atoms with Gasteiger partial charge >= 0.3 is 7.60 Å². The van der Waals surface area contributed by atoms with Gasteiger partial charge in [-0.05, 0) is 0 Å². The van der Waals surface area contributed by atoms with Crippen LogP contribution in [0.15, 0.2) is 0 Å². The fourth-order valence-electron chi connectivity index (χ4n) is 0.484. The molecule has 0 rings (SSSR count). The molecule has 72 valence electrons. The molecule has 12 heavy (non-hydrogen) atoms. The van der Waals surface area contributed by atoms with E-state index < -0.39 is 25.8 Å². The summed E-state index contributed by atoms with van der Waals surface area (Å²) in [6.07, 6.45) is -0.568. The summed E-state index contributed by atoms with van der Waals surface area (Å²) in [5, 5.41) is 2.29. The maximum absolute atomic E-state index is 10.5. The van der Waals surface area contributed by atoms with E-state index in [1.54, 1.807) is 0 Å². The maximum Gasteiger partial charge on any atom is 0.339 e. The van der Waals surface area contributed by atoms with Gasteiger partial charge in [0.25, 0.3) is 0 Å². The zero-order valence-electron chi connectivity index (χ0n) is 6.17. The van der Waals surface area contributed by atoms with E-state index in [1.807, 2.05) is 0 Å². The Morgan fingerprint density at radius 1 is 1.67 bits per heavy atom. The normalized spacial score (nSPS) is 14.2. The molecular formula is C4H11N2O4PS. The Kier molecular flexibility index (Phi) is 4.81. The molecule has 0 saturated carbocycles. The van der Waals surface area contributed by atoms with Crippen molar-refractivity contribution in [2.75, 3.05) is 12.0 Å². The Hall–Kier alpha value is -0.0700. The van der Waals surface area contributed by atoms with E-state index >= 15 is 0 Å². The highest BCUT2D eigenvalue weighted by molar-refractivity contribution is 7.80. The van der Waals surface area contributed by atoms with E-state index in [0.717, 1.165) is 0 Å². The minimum absolute atomic E-state index is 0.106. The van der Waals surface area contributed by atoms with Crippen molar-refractivity contribution in [3.63, 3.8) is 0 Å². The van der Waals surface area contributed by atoms with E-state index in [9.17, 15) is 9.36 Å². The first-order chi connectivity index (χ1) is 5.37. The lowest BCUT2D eigenvalue weighted by atomic mass is 10.3. The average molecular weight is 214 g/mol. The molecule has 0 heterocycles. The Balaban J connectivity index is 3.90. The van der Waals surface area contributed by atoms with Gasteiger partial charge in [0, 0.05) is 5.75 Å². The molecule has 1 atom stereocenters. The van der Waals surface area contributed by atoms with Crippen LogP contribution in [0.3, 0.4) is 0 Å². The van der Waals surface area contributed by atoms with E-state index in [-0.39, 0.29) is 5.75 Å². The number of hydrogen-bond acceptors (Lipinski definition) is 4. The lowest BCUT2D eigenvalue weighted by Crippen LogP contribution is -2.42. The predicted molar refractivity (Wildman–Crippen MR) is 46.9 cm³/mol. The van der Waals surface area contributed by atoms with Crippen LogP contribution in [0.1, 0.15) is 0 Å². The summed E-state index contributed by atoms with van der Waals surface area (Å²) in [4.78, 5) is 27.3. The van der Waals surface area contributed by atoms with Gasteiger partial charge in [0.2, 0.25) is 5.91 Å². The first-order valence-electron chi connectivity index (χ1n) is 3.05. The highest BCUT2D eigenvalue weighted by atomic mass is 32.1. The topological polar surface area (TPSA) is 113 Å². The highest BCUT2D eigenvalue weighted by Gasteiger charge is 2.18. The minimum atomic E-state index is -4.13. The lowest BCUT2D eigenvalue weighted by Gasteiger charge is -2.12. The van der Waals surface area contributed by atoms with Crippen LogP contribution in [0.25, 0.3) is 0 Å². The molecule has 0 aromatic carbocycles. The fraction of sp³-hybridized carbons (Fsp3) is 0.750. The third-order valence-electron chi connectivity index (χ3n) is 1.07. The monoisotopic (exact) mass is 214 g/mol. The molecule has 1 amide bonds. The molecule has 0 aliphatic carbocycles. The van der Waals surface area contributed by atoms with Gasteiger partial charge in [-0.3, -0.25) is 14.7 Å². The van der Waals surface area contributed by atoms with E-state index in [0.29, 0.717) is 0 Å². The summed E-state index contributed by atoms with van der Waals surface area (Å²) in [5.41, 5.74) is 4.87. The van der Waals surface area contributed by atoms with Crippen LogP contribution in [0.5, 0.6) is 0 Å². The van der Waals surface area contributed by atoms with Crippen molar-refractivity contribution in [2.45, 2.75) is 6.04 Å². The van der Waals surface area contributed by atoms with Crippen molar-refractivity contribution in [1.29, 1.82) is 0 Å². The molecule has 1 unspecified atom stereocenters. The quantitative estimate of drug-likeness (QED) is 0.282. The standard InChI is InChI=1S/C4H11N2O4PS/c5-4(7)3(1-12)6-2-11(8,9)10/h3,6,12H,1-2H2,(H2,5,7)(H2,8,9,10). The van der Waals surface area contributed by atoms with Crippen molar-refractivity contribution in [2.24, 2.45) is 5.73 Å². The number of amides is 1. The second-order valence-electron chi connectivity index (χ2n) is 2.16. The third-order valence-corrected chi connectivity index (χ3v) is 2.03. The zero-order valence-corrected chi connectivity index (χ0v) is 7.96. The second-order valence-corrected chi connectivity index (χ2v) is 4.18. The Bertz CT molecular complexity index is 205. The Labute approximate surface area is 75.1 Å². The first-order valence-corrected chi connectivity index (χ1v) is 5.48. The van der Waals surface area contributed by atoms with Gasteiger partial charge in [-0.15, -0.1) is 0 Å². The number of nitrogens with two attached hydrogens (primary N) is 1. The van der Waals surface area contributed by atoms with Crippen LogP contribution < -0.4 is 11.1 Å². The first kappa shape index (κ1) is 11.9. The number of carbonyl (C=O) groups is 1. The maximum atomic E-state index is 10.5. The third kappa shape index (κ3) is 5.56. The molecule has 0 saturated heterocycles. The molecule has 8 heteroatoms. The largest absolute Gasteiger partial charge is 0.368 e. The van der Waals surface area contributed by atoms with Crippen molar-refractivity contribution in [1.82, 2.24) is 5.32 Å².